The Morgan fingerprint density at radius 2 is 0.726 bits per heavy atom. The Labute approximate surface area is 361 Å². The van der Waals surface area contributed by atoms with Crippen molar-refractivity contribution in [3.8, 4) is 11.1 Å². The summed E-state index contributed by atoms with van der Waals surface area (Å²) in [6, 6.07) is 70.7. The smallest absolute Gasteiger partial charge is 0.137 e. The van der Waals surface area contributed by atoms with Gasteiger partial charge in [-0.05, 0) is 119 Å². The minimum absolute atomic E-state index is 0.354. The predicted octanol–water partition coefficient (Wildman–Crippen LogP) is 14.9. The largest absolute Gasteiger partial charge is 0.295 e. The second-order valence-corrected chi connectivity index (χ2v) is 16.1. The Morgan fingerprint density at radius 1 is 0.323 bits per heavy atom. The highest BCUT2D eigenvalue weighted by Gasteiger charge is 2.38. The van der Waals surface area contributed by atoms with E-state index in [2.05, 4.69) is 204 Å². The van der Waals surface area contributed by atoms with E-state index in [1.54, 1.807) is 0 Å². The van der Waals surface area contributed by atoms with Gasteiger partial charge in [0.15, 0.2) is 0 Å². The van der Waals surface area contributed by atoms with Crippen molar-refractivity contribution < 1.29 is 0 Å². The summed E-state index contributed by atoms with van der Waals surface area (Å²) >= 11 is 0. The molecule has 11 rings (SSSR count). The number of aromatic nitrogens is 3. The van der Waals surface area contributed by atoms with Crippen LogP contribution in [0.3, 0.4) is 0 Å². The highest BCUT2D eigenvalue weighted by atomic mass is 15.2. The number of rotatable bonds is 9. The number of pyridine rings is 3. The van der Waals surface area contributed by atoms with Crippen LogP contribution < -0.4 is 14.7 Å². The Morgan fingerprint density at radius 3 is 1.19 bits per heavy atom. The van der Waals surface area contributed by atoms with Crippen molar-refractivity contribution in [2.24, 2.45) is 0 Å². The van der Waals surface area contributed by atoms with Gasteiger partial charge in [0.25, 0.3) is 0 Å². The summed E-state index contributed by atoms with van der Waals surface area (Å²) in [5.41, 5.74) is 10.9. The van der Waals surface area contributed by atoms with Gasteiger partial charge in [-0.25, -0.2) is 15.0 Å². The first-order chi connectivity index (χ1) is 30.6. The summed E-state index contributed by atoms with van der Waals surface area (Å²) in [5.74, 6) is 2.54. The van der Waals surface area contributed by atoms with Gasteiger partial charge in [-0.3, -0.25) is 14.7 Å². The average Bonchev–Trinajstić information content (AvgIpc) is 3.55. The Balaban J connectivity index is 1.24. The third kappa shape index (κ3) is 6.15. The molecule has 0 N–H and O–H groups in total. The van der Waals surface area contributed by atoms with E-state index in [1.807, 2.05) is 42.9 Å². The molecular weight excluding hydrogens is 757 g/mol. The maximum atomic E-state index is 5.00. The van der Waals surface area contributed by atoms with Crippen molar-refractivity contribution in [1.29, 1.82) is 0 Å². The molecule has 1 aliphatic carbocycles. The Bertz CT molecular complexity index is 3080. The average molecular weight is 799 g/mol. The lowest BCUT2D eigenvalue weighted by molar-refractivity contribution is 0.661. The fourth-order valence-electron chi connectivity index (χ4n) is 9.32. The molecule has 7 aromatic carbocycles. The molecule has 3 aromatic heterocycles. The molecule has 0 saturated heterocycles. The van der Waals surface area contributed by atoms with Crippen LogP contribution in [0.1, 0.15) is 25.0 Å². The third-order valence-electron chi connectivity index (χ3n) is 12.1. The molecule has 62 heavy (non-hydrogen) atoms. The molecule has 0 aliphatic heterocycles. The van der Waals surface area contributed by atoms with Crippen LogP contribution in [0.4, 0.5) is 51.6 Å². The standard InChI is InChI=1S/C56H42N6/c1-56(2)49-36-42(60(39-20-6-3-7-21-39)51-28-14-17-33-57-51)31-32-43(49)46-37-47-48(38-50(46)56)55(62(41-24-10-5-11-25-41)53-30-16-19-35-59-53)45-27-13-12-26-44(45)54(47)61(40-22-8-4-9-23-40)52-29-15-18-34-58-52/h3-38H,1-2H3. The minimum atomic E-state index is -0.354. The van der Waals surface area contributed by atoms with Crippen LogP contribution in [0.15, 0.2) is 219 Å². The molecule has 296 valence electrons. The summed E-state index contributed by atoms with van der Waals surface area (Å²) in [6.45, 7) is 4.72. The third-order valence-corrected chi connectivity index (χ3v) is 12.1. The van der Waals surface area contributed by atoms with E-state index in [1.165, 1.54) is 22.3 Å². The molecule has 0 atom stereocenters. The maximum absolute atomic E-state index is 5.00. The fourth-order valence-corrected chi connectivity index (χ4v) is 9.32. The number of para-hydroxylation sites is 3. The van der Waals surface area contributed by atoms with Gasteiger partial charge >= 0.3 is 0 Å². The molecule has 0 unspecified atom stereocenters. The van der Waals surface area contributed by atoms with Crippen molar-refractivity contribution in [2.45, 2.75) is 19.3 Å². The number of fused-ring (bicyclic) bond motifs is 5. The van der Waals surface area contributed by atoms with E-state index in [0.717, 1.165) is 73.1 Å². The summed E-state index contributed by atoms with van der Waals surface area (Å²) < 4.78 is 0. The number of hydrogen-bond acceptors (Lipinski definition) is 6. The molecule has 10 aromatic rings. The zero-order chi connectivity index (χ0) is 41.6. The van der Waals surface area contributed by atoms with Gasteiger partial charge in [0, 0.05) is 68.3 Å². The molecule has 3 heterocycles. The van der Waals surface area contributed by atoms with Crippen LogP contribution in [0.25, 0.3) is 32.7 Å². The molecule has 6 heteroatoms. The summed E-state index contributed by atoms with van der Waals surface area (Å²) in [7, 11) is 0. The molecule has 0 radical (unpaired) electrons. The summed E-state index contributed by atoms with van der Waals surface area (Å²) in [5, 5.41) is 4.43. The van der Waals surface area contributed by atoms with Gasteiger partial charge in [-0.15, -0.1) is 0 Å². The van der Waals surface area contributed by atoms with Crippen LogP contribution in [-0.4, -0.2) is 15.0 Å². The zero-order valence-corrected chi connectivity index (χ0v) is 34.5. The van der Waals surface area contributed by atoms with Gasteiger partial charge in [-0.2, -0.15) is 0 Å². The first kappa shape index (κ1) is 36.9. The molecule has 1 aliphatic rings. The minimum Gasteiger partial charge on any atom is -0.295 e. The van der Waals surface area contributed by atoms with Crippen molar-refractivity contribution in [2.75, 3.05) is 14.7 Å². The lowest BCUT2D eigenvalue weighted by Crippen LogP contribution is -2.18. The topological polar surface area (TPSA) is 48.4 Å². The molecule has 0 fully saturated rings. The van der Waals surface area contributed by atoms with E-state index in [9.17, 15) is 0 Å². The first-order valence-electron chi connectivity index (χ1n) is 21.0. The van der Waals surface area contributed by atoms with Crippen molar-refractivity contribution >= 4 is 73.1 Å². The predicted molar refractivity (Wildman–Crippen MR) is 256 cm³/mol. The lowest BCUT2D eigenvalue weighted by Gasteiger charge is -2.32. The zero-order valence-electron chi connectivity index (χ0n) is 34.5. The molecular formula is C56H42N6. The van der Waals surface area contributed by atoms with Gasteiger partial charge in [0.2, 0.25) is 0 Å². The molecule has 6 nitrogen and oxygen atoms in total. The number of anilines is 9. The van der Waals surface area contributed by atoms with E-state index >= 15 is 0 Å². The normalized spacial score (nSPS) is 12.5. The highest BCUT2D eigenvalue weighted by molar-refractivity contribution is 6.24. The number of hydrogen-bond donors (Lipinski definition) is 0. The molecule has 0 saturated carbocycles. The lowest BCUT2D eigenvalue weighted by atomic mass is 9.81. The van der Waals surface area contributed by atoms with Crippen LogP contribution in [0.5, 0.6) is 0 Å². The van der Waals surface area contributed by atoms with E-state index in [4.69, 9.17) is 15.0 Å². The first-order valence-corrected chi connectivity index (χ1v) is 21.0. The quantitative estimate of drug-likeness (QED) is 0.107. The highest BCUT2D eigenvalue weighted by Crippen LogP contribution is 2.56. The number of benzene rings is 7. The second kappa shape index (κ2) is 15.2. The Kier molecular flexibility index (Phi) is 9.05. The van der Waals surface area contributed by atoms with E-state index in [-0.39, 0.29) is 5.41 Å². The van der Waals surface area contributed by atoms with Gasteiger partial charge in [0.1, 0.15) is 17.5 Å². The van der Waals surface area contributed by atoms with E-state index < -0.39 is 0 Å². The maximum Gasteiger partial charge on any atom is 0.137 e. The Hall–Kier alpha value is -8.09. The fraction of sp³-hybridized carbons (Fsp3) is 0.0536. The molecule has 0 spiro atoms. The molecule has 0 bridgehead atoms. The second-order valence-electron chi connectivity index (χ2n) is 16.1. The summed E-state index contributed by atoms with van der Waals surface area (Å²) in [4.78, 5) is 21.7. The number of nitrogens with zero attached hydrogens (tertiary/aromatic N) is 6. The van der Waals surface area contributed by atoms with Gasteiger partial charge < -0.3 is 0 Å². The van der Waals surface area contributed by atoms with E-state index in [0.29, 0.717) is 0 Å². The van der Waals surface area contributed by atoms with Gasteiger partial charge in [-0.1, -0.05) is 117 Å². The van der Waals surface area contributed by atoms with Crippen LogP contribution in [-0.2, 0) is 5.41 Å². The molecule has 0 amide bonds. The summed E-state index contributed by atoms with van der Waals surface area (Å²) in [6.07, 6.45) is 5.61. The van der Waals surface area contributed by atoms with Gasteiger partial charge in [0.05, 0.1) is 11.4 Å². The van der Waals surface area contributed by atoms with Crippen LogP contribution in [0, 0.1) is 0 Å². The van der Waals surface area contributed by atoms with Crippen LogP contribution >= 0.6 is 0 Å². The SMILES string of the molecule is CC1(C)c2cc(N(c3ccccc3)c3ccccn3)ccc2-c2cc3c(N(c4ccccc4)c4ccccn4)c4ccccc4c(N(c4ccccc4)c4ccccn4)c3cc21. The van der Waals surface area contributed by atoms with Crippen LogP contribution in [0.2, 0.25) is 0 Å². The van der Waals surface area contributed by atoms with Crippen molar-refractivity contribution in [3.05, 3.63) is 230 Å². The van der Waals surface area contributed by atoms with Crippen molar-refractivity contribution in [1.82, 2.24) is 15.0 Å². The van der Waals surface area contributed by atoms with Crippen molar-refractivity contribution in [3.63, 3.8) is 0 Å². The monoisotopic (exact) mass is 798 g/mol.